The van der Waals surface area contributed by atoms with Crippen LogP contribution in [0.2, 0.25) is 0 Å². The summed E-state index contributed by atoms with van der Waals surface area (Å²) >= 11 is 0. The first-order valence-corrected chi connectivity index (χ1v) is 9.45. The van der Waals surface area contributed by atoms with Crippen LogP contribution in [-0.2, 0) is 9.47 Å². The van der Waals surface area contributed by atoms with Crippen molar-refractivity contribution in [2.24, 2.45) is 10.4 Å². The number of methoxy groups -OCH3 is 1. The zero-order chi connectivity index (χ0) is 19.8. The maximum absolute atomic E-state index is 12.0. The number of nitrogens with one attached hydrogen (secondary N) is 3. The number of ether oxygens (including phenoxy) is 2. The quantitative estimate of drug-likeness (QED) is 0.272. The summed E-state index contributed by atoms with van der Waals surface area (Å²) < 4.78 is 10.6. The van der Waals surface area contributed by atoms with Gasteiger partial charge in [-0.05, 0) is 59.3 Å². The summed E-state index contributed by atoms with van der Waals surface area (Å²) in [5, 5.41) is 9.61. The van der Waals surface area contributed by atoms with Crippen molar-refractivity contribution in [1.82, 2.24) is 16.0 Å². The van der Waals surface area contributed by atoms with E-state index in [2.05, 4.69) is 20.9 Å². The van der Waals surface area contributed by atoms with E-state index in [0.29, 0.717) is 12.0 Å². The van der Waals surface area contributed by atoms with Gasteiger partial charge in [0.25, 0.3) is 0 Å². The van der Waals surface area contributed by atoms with E-state index >= 15 is 0 Å². The summed E-state index contributed by atoms with van der Waals surface area (Å²) in [5.41, 5.74) is -0.660. The number of guanidine groups is 1. The summed E-state index contributed by atoms with van der Waals surface area (Å²) in [4.78, 5) is 16.3. The first-order chi connectivity index (χ1) is 12.0. The highest BCUT2D eigenvalue weighted by molar-refractivity contribution is 14.0. The molecule has 1 amide bonds. The van der Waals surface area contributed by atoms with E-state index in [9.17, 15) is 4.79 Å². The predicted octanol–water partition coefficient (Wildman–Crippen LogP) is 3.28. The molecule has 0 bridgehead atoms. The summed E-state index contributed by atoms with van der Waals surface area (Å²) in [7, 11) is 3.51. The molecule has 0 heterocycles. The zero-order valence-corrected chi connectivity index (χ0v) is 20.4. The molecular weight excluding hydrogens is 459 g/mol. The fourth-order valence-electron chi connectivity index (χ4n) is 2.93. The second kappa shape index (κ2) is 11.3. The third-order valence-corrected chi connectivity index (χ3v) is 4.64. The van der Waals surface area contributed by atoms with Crippen LogP contribution < -0.4 is 16.0 Å². The molecule has 160 valence electrons. The van der Waals surface area contributed by atoms with Crippen molar-refractivity contribution in [3.63, 3.8) is 0 Å². The molecule has 3 N–H and O–H groups in total. The van der Waals surface area contributed by atoms with Crippen LogP contribution in [0.3, 0.4) is 0 Å². The van der Waals surface area contributed by atoms with Crippen molar-refractivity contribution in [2.75, 3.05) is 33.9 Å². The molecule has 0 radical (unpaired) electrons. The van der Waals surface area contributed by atoms with Crippen LogP contribution in [0.25, 0.3) is 0 Å². The second-order valence-electron chi connectivity index (χ2n) is 8.89. The molecule has 1 aliphatic carbocycles. The smallest absolute Gasteiger partial charge is 0.408 e. The summed E-state index contributed by atoms with van der Waals surface area (Å²) in [5.74, 6) is 0.743. The maximum atomic E-state index is 12.0. The first kappa shape index (κ1) is 26.2. The standard InChI is InChI=1S/C19H38N4O3.HI/c1-17(2,3)26-16(24)23-18(4,5)13-21-15(20-6)22-14-19(9-8-10-19)11-12-25-7;/h8-14H2,1-7H3,(H,23,24)(H2,20,21,22);1H. The third kappa shape index (κ3) is 10.4. The van der Waals surface area contributed by atoms with Crippen molar-refractivity contribution in [3.05, 3.63) is 0 Å². The molecule has 1 rings (SSSR count). The van der Waals surface area contributed by atoms with Crippen LogP contribution in [0.5, 0.6) is 0 Å². The van der Waals surface area contributed by atoms with Crippen LogP contribution in [-0.4, -0.2) is 57.0 Å². The Morgan fingerprint density at radius 3 is 2.22 bits per heavy atom. The molecular formula is C19H39IN4O3. The minimum absolute atomic E-state index is 0. The van der Waals surface area contributed by atoms with Crippen molar-refractivity contribution >= 4 is 36.0 Å². The Morgan fingerprint density at radius 2 is 1.78 bits per heavy atom. The van der Waals surface area contributed by atoms with Crippen LogP contribution in [0.1, 0.15) is 60.3 Å². The fourth-order valence-corrected chi connectivity index (χ4v) is 2.93. The van der Waals surface area contributed by atoms with E-state index in [1.807, 2.05) is 34.6 Å². The van der Waals surface area contributed by atoms with Gasteiger partial charge >= 0.3 is 6.09 Å². The molecule has 0 aliphatic heterocycles. The molecule has 0 atom stereocenters. The molecule has 1 fully saturated rings. The lowest BCUT2D eigenvalue weighted by molar-refractivity contribution is 0.0474. The van der Waals surface area contributed by atoms with Gasteiger partial charge in [-0.2, -0.15) is 0 Å². The molecule has 7 nitrogen and oxygen atoms in total. The number of halogens is 1. The van der Waals surface area contributed by atoms with Crippen molar-refractivity contribution in [1.29, 1.82) is 0 Å². The monoisotopic (exact) mass is 498 g/mol. The highest BCUT2D eigenvalue weighted by atomic mass is 127. The summed E-state index contributed by atoms with van der Waals surface area (Å²) in [6.07, 6.45) is 4.39. The number of carbonyl (C=O) groups is 1. The molecule has 0 spiro atoms. The molecule has 1 saturated carbocycles. The van der Waals surface area contributed by atoms with Crippen LogP contribution >= 0.6 is 24.0 Å². The maximum Gasteiger partial charge on any atom is 0.408 e. The first-order valence-electron chi connectivity index (χ1n) is 9.45. The van der Waals surface area contributed by atoms with Gasteiger partial charge in [0, 0.05) is 33.9 Å². The highest BCUT2D eigenvalue weighted by Gasteiger charge is 2.36. The van der Waals surface area contributed by atoms with Gasteiger partial charge in [-0.1, -0.05) is 6.42 Å². The molecule has 0 aromatic heterocycles. The lowest BCUT2D eigenvalue weighted by atomic mass is 9.67. The number of nitrogens with zero attached hydrogens (tertiary/aromatic N) is 1. The van der Waals surface area contributed by atoms with E-state index < -0.39 is 17.2 Å². The summed E-state index contributed by atoms with van der Waals surface area (Å²) in [6.45, 7) is 11.7. The number of hydrogen-bond donors (Lipinski definition) is 3. The van der Waals surface area contributed by atoms with E-state index in [-0.39, 0.29) is 24.0 Å². The average molecular weight is 498 g/mol. The fraction of sp³-hybridized carbons (Fsp3) is 0.895. The predicted molar refractivity (Wildman–Crippen MR) is 121 cm³/mol. The van der Waals surface area contributed by atoms with Gasteiger partial charge in [0.15, 0.2) is 5.96 Å². The van der Waals surface area contributed by atoms with Gasteiger partial charge in [-0.25, -0.2) is 4.79 Å². The SMILES string of the molecule is CN=C(NCC1(CCOC)CCC1)NCC(C)(C)NC(=O)OC(C)(C)C.I. The Balaban J connectivity index is 0.00000676. The Labute approximate surface area is 181 Å². The highest BCUT2D eigenvalue weighted by Crippen LogP contribution is 2.43. The van der Waals surface area contributed by atoms with Gasteiger partial charge in [-0.3, -0.25) is 4.99 Å². The lowest BCUT2D eigenvalue weighted by Crippen LogP contribution is -2.55. The van der Waals surface area contributed by atoms with Crippen LogP contribution in [0.4, 0.5) is 4.79 Å². The van der Waals surface area contributed by atoms with Gasteiger partial charge in [0.1, 0.15) is 5.60 Å². The second-order valence-corrected chi connectivity index (χ2v) is 8.89. The normalized spacial score (nSPS) is 16.6. The number of rotatable bonds is 8. The zero-order valence-electron chi connectivity index (χ0n) is 18.0. The minimum atomic E-state index is -0.509. The lowest BCUT2D eigenvalue weighted by Gasteiger charge is -2.42. The number of alkyl carbamates (subject to hydrolysis) is 1. The van der Waals surface area contributed by atoms with Crippen LogP contribution in [0.15, 0.2) is 4.99 Å². The Morgan fingerprint density at radius 1 is 1.15 bits per heavy atom. The Bertz CT molecular complexity index is 486. The molecule has 0 aromatic carbocycles. The topological polar surface area (TPSA) is 84.0 Å². The van der Waals surface area contributed by atoms with Gasteiger partial charge in [0.2, 0.25) is 0 Å². The van der Waals surface area contributed by atoms with Gasteiger partial charge in [0.05, 0.1) is 5.54 Å². The molecule has 0 aromatic rings. The van der Waals surface area contributed by atoms with E-state index in [1.165, 1.54) is 19.3 Å². The number of amides is 1. The van der Waals surface area contributed by atoms with Gasteiger partial charge < -0.3 is 25.4 Å². The van der Waals surface area contributed by atoms with Crippen LogP contribution in [0, 0.1) is 5.41 Å². The molecule has 1 aliphatic rings. The third-order valence-electron chi connectivity index (χ3n) is 4.64. The summed E-state index contributed by atoms with van der Waals surface area (Å²) in [6, 6.07) is 0. The minimum Gasteiger partial charge on any atom is -0.444 e. The Hall–Kier alpha value is -0.770. The number of aliphatic imine (C=N–C) groups is 1. The molecule has 27 heavy (non-hydrogen) atoms. The molecule has 8 heteroatoms. The van der Waals surface area contributed by atoms with Crippen molar-refractivity contribution in [3.8, 4) is 0 Å². The number of carbonyl (C=O) groups excluding carboxylic acids is 1. The van der Waals surface area contributed by atoms with Crippen molar-refractivity contribution < 1.29 is 14.3 Å². The largest absolute Gasteiger partial charge is 0.444 e. The molecule has 0 saturated heterocycles. The number of hydrogen-bond acceptors (Lipinski definition) is 4. The van der Waals surface area contributed by atoms with E-state index in [0.717, 1.165) is 25.5 Å². The molecule has 0 unspecified atom stereocenters. The van der Waals surface area contributed by atoms with Crippen molar-refractivity contribution in [2.45, 2.75) is 71.4 Å². The van der Waals surface area contributed by atoms with Gasteiger partial charge in [-0.15, -0.1) is 24.0 Å². The van der Waals surface area contributed by atoms with E-state index in [1.54, 1.807) is 14.2 Å². The average Bonchev–Trinajstić information content (AvgIpc) is 2.45. The van der Waals surface area contributed by atoms with E-state index in [4.69, 9.17) is 9.47 Å². The Kier molecular flexibility index (Phi) is 11.0.